The van der Waals surface area contributed by atoms with Gasteiger partial charge in [-0.3, -0.25) is 9.59 Å². The van der Waals surface area contributed by atoms with E-state index in [9.17, 15) is 9.59 Å². The Hall–Kier alpha value is -2.17. The zero-order valence-electron chi connectivity index (χ0n) is 17.5. The second kappa shape index (κ2) is 10.6. The van der Waals surface area contributed by atoms with E-state index >= 15 is 0 Å². The molecule has 0 saturated carbocycles. The highest BCUT2D eigenvalue weighted by molar-refractivity contribution is 6.15. The van der Waals surface area contributed by atoms with E-state index in [0.29, 0.717) is 22.6 Å². The first-order valence-electron chi connectivity index (χ1n) is 10.2. The molecule has 1 N–H and O–H groups in total. The van der Waals surface area contributed by atoms with Gasteiger partial charge >= 0.3 is 0 Å². The van der Waals surface area contributed by atoms with Crippen molar-refractivity contribution in [1.29, 1.82) is 0 Å². The lowest BCUT2D eigenvalue weighted by molar-refractivity contribution is 0.0683. The van der Waals surface area contributed by atoms with Crippen LogP contribution in [0.5, 0.6) is 0 Å². The number of hydrogen-bond acceptors (Lipinski definition) is 3. The molecule has 1 fully saturated rings. The monoisotopic (exact) mass is 414 g/mol. The minimum atomic E-state index is -0.0871. The first-order chi connectivity index (χ1) is 13.5. The molecule has 4 nitrogen and oxygen atoms in total. The zero-order chi connectivity index (χ0) is 20.1. The molecule has 3 rings (SSSR count). The minimum absolute atomic E-state index is 0. The molecule has 1 aliphatic rings. The van der Waals surface area contributed by atoms with E-state index in [1.807, 2.05) is 56.1 Å². The molecule has 0 aromatic heterocycles. The summed E-state index contributed by atoms with van der Waals surface area (Å²) >= 11 is 0. The van der Waals surface area contributed by atoms with Gasteiger partial charge in [0.1, 0.15) is 0 Å². The van der Waals surface area contributed by atoms with Crippen molar-refractivity contribution in [3.05, 3.63) is 70.3 Å². The highest BCUT2D eigenvalue weighted by Crippen LogP contribution is 2.24. The molecule has 2 aromatic carbocycles. The van der Waals surface area contributed by atoms with Crippen molar-refractivity contribution in [2.45, 2.75) is 33.1 Å². The van der Waals surface area contributed by atoms with Gasteiger partial charge in [0.15, 0.2) is 5.78 Å². The molecule has 0 atom stereocenters. The fourth-order valence-electron chi connectivity index (χ4n) is 3.85. The quantitative estimate of drug-likeness (QED) is 0.712. The Balaban J connectivity index is 0.00000300. The molecule has 1 aliphatic heterocycles. The van der Waals surface area contributed by atoms with Crippen LogP contribution in [0, 0.1) is 19.8 Å². The van der Waals surface area contributed by atoms with Gasteiger partial charge in [0, 0.05) is 24.2 Å². The lowest BCUT2D eigenvalue weighted by Gasteiger charge is -2.32. The number of rotatable bonds is 6. The van der Waals surface area contributed by atoms with Crippen molar-refractivity contribution in [3.8, 4) is 0 Å². The van der Waals surface area contributed by atoms with E-state index in [-0.39, 0.29) is 24.1 Å². The van der Waals surface area contributed by atoms with Crippen LogP contribution < -0.4 is 5.32 Å². The van der Waals surface area contributed by atoms with E-state index < -0.39 is 0 Å². The summed E-state index contributed by atoms with van der Waals surface area (Å²) in [6.07, 6.45) is 3.21. The van der Waals surface area contributed by atoms with Crippen LogP contribution >= 0.6 is 12.4 Å². The Kier molecular flexibility index (Phi) is 8.42. The summed E-state index contributed by atoms with van der Waals surface area (Å²) in [6, 6.07) is 12.9. The number of halogens is 1. The van der Waals surface area contributed by atoms with Crippen molar-refractivity contribution in [1.82, 2.24) is 10.2 Å². The number of nitrogens with one attached hydrogen (secondary N) is 1. The summed E-state index contributed by atoms with van der Waals surface area (Å²) in [5.74, 6) is 0.555. The Morgan fingerprint density at radius 1 is 1.00 bits per heavy atom. The van der Waals surface area contributed by atoms with Crippen molar-refractivity contribution >= 4 is 24.1 Å². The largest absolute Gasteiger partial charge is 0.339 e. The Morgan fingerprint density at radius 3 is 2.28 bits per heavy atom. The number of benzene rings is 2. The lowest BCUT2D eigenvalue weighted by Crippen LogP contribution is -2.39. The maximum atomic E-state index is 13.2. The Morgan fingerprint density at radius 2 is 1.66 bits per heavy atom. The smallest absolute Gasteiger partial charge is 0.254 e. The topological polar surface area (TPSA) is 49.4 Å². The highest BCUT2D eigenvalue weighted by atomic mass is 35.5. The van der Waals surface area contributed by atoms with Gasteiger partial charge in [0.25, 0.3) is 5.91 Å². The van der Waals surface area contributed by atoms with Crippen molar-refractivity contribution in [2.75, 3.05) is 26.7 Å². The number of piperidine rings is 1. The van der Waals surface area contributed by atoms with E-state index in [1.54, 1.807) is 12.1 Å². The third kappa shape index (κ3) is 5.46. The second-order valence-corrected chi connectivity index (χ2v) is 7.80. The van der Waals surface area contributed by atoms with Gasteiger partial charge in [-0.1, -0.05) is 30.3 Å². The summed E-state index contributed by atoms with van der Waals surface area (Å²) in [6.45, 7) is 6.58. The average Bonchev–Trinajstić information content (AvgIpc) is 2.73. The fraction of sp³-hybridized carbons (Fsp3) is 0.417. The van der Waals surface area contributed by atoms with Crippen molar-refractivity contribution in [3.63, 3.8) is 0 Å². The van der Waals surface area contributed by atoms with E-state index in [0.717, 1.165) is 50.0 Å². The molecule has 1 saturated heterocycles. The predicted octanol–water partition coefficient (Wildman–Crippen LogP) is 4.42. The molecular formula is C24H31ClN2O2. The normalized spacial score (nSPS) is 14.4. The fourth-order valence-corrected chi connectivity index (χ4v) is 3.85. The maximum Gasteiger partial charge on any atom is 0.254 e. The number of amides is 1. The SMILES string of the molecule is CNCCC1CCN(C(=O)c2ccccc2C(=O)c2ccc(C)c(C)c2)CC1.Cl. The number of carbonyl (C=O) groups is 2. The van der Waals surface area contributed by atoms with Crippen molar-refractivity contribution < 1.29 is 9.59 Å². The number of nitrogens with zero attached hydrogens (tertiary/aromatic N) is 1. The third-order valence-corrected chi connectivity index (χ3v) is 5.88. The zero-order valence-corrected chi connectivity index (χ0v) is 18.3. The van der Waals surface area contributed by atoms with Gasteiger partial charge in [-0.2, -0.15) is 0 Å². The molecule has 0 radical (unpaired) electrons. The number of hydrogen-bond donors (Lipinski definition) is 1. The van der Waals surface area contributed by atoms with Crippen LogP contribution in [0.25, 0.3) is 0 Å². The van der Waals surface area contributed by atoms with Crippen LogP contribution in [-0.4, -0.2) is 43.3 Å². The number of aryl methyl sites for hydroxylation is 2. The Labute approximate surface area is 180 Å². The first-order valence-corrected chi connectivity index (χ1v) is 10.2. The molecule has 1 amide bonds. The summed E-state index contributed by atoms with van der Waals surface area (Å²) in [5, 5.41) is 3.20. The number of carbonyl (C=O) groups excluding carboxylic acids is 2. The average molecular weight is 415 g/mol. The summed E-state index contributed by atoms with van der Waals surface area (Å²) in [4.78, 5) is 28.2. The molecule has 0 spiro atoms. The van der Waals surface area contributed by atoms with Crippen LogP contribution in [0.3, 0.4) is 0 Å². The molecule has 29 heavy (non-hydrogen) atoms. The number of ketones is 1. The van der Waals surface area contributed by atoms with E-state index in [1.165, 1.54) is 0 Å². The summed E-state index contributed by atoms with van der Waals surface area (Å²) in [5.41, 5.74) is 3.88. The van der Waals surface area contributed by atoms with Gasteiger partial charge < -0.3 is 10.2 Å². The molecule has 0 bridgehead atoms. The van der Waals surface area contributed by atoms with Crippen LogP contribution in [0.1, 0.15) is 56.7 Å². The van der Waals surface area contributed by atoms with E-state index in [4.69, 9.17) is 0 Å². The molecule has 0 aliphatic carbocycles. The molecule has 5 heteroatoms. The molecule has 0 unspecified atom stereocenters. The highest BCUT2D eigenvalue weighted by Gasteiger charge is 2.26. The molecule has 156 valence electrons. The Bertz CT molecular complexity index is 858. The van der Waals surface area contributed by atoms with Gasteiger partial charge in [0.05, 0.1) is 5.56 Å². The van der Waals surface area contributed by atoms with Crippen LogP contribution in [0.2, 0.25) is 0 Å². The standard InChI is InChI=1S/C24H30N2O2.ClH/c1-17-8-9-20(16-18(17)2)23(27)21-6-4-5-7-22(21)24(28)26-14-11-19(12-15-26)10-13-25-3;/h4-9,16,19,25H,10-15H2,1-3H3;1H. The predicted molar refractivity (Wildman–Crippen MR) is 120 cm³/mol. The van der Waals surface area contributed by atoms with Gasteiger partial charge in [-0.15, -0.1) is 12.4 Å². The molecule has 1 heterocycles. The van der Waals surface area contributed by atoms with Gasteiger partial charge in [0.2, 0.25) is 0 Å². The van der Waals surface area contributed by atoms with Crippen LogP contribution in [-0.2, 0) is 0 Å². The van der Waals surface area contributed by atoms with Crippen LogP contribution in [0.4, 0.5) is 0 Å². The van der Waals surface area contributed by atoms with Crippen molar-refractivity contribution in [2.24, 2.45) is 5.92 Å². The maximum absolute atomic E-state index is 13.2. The minimum Gasteiger partial charge on any atom is -0.339 e. The van der Waals surface area contributed by atoms with Crippen LogP contribution in [0.15, 0.2) is 42.5 Å². The second-order valence-electron chi connectivity index (χ2n) is 7.80. The summed E-state index contributed by atoms with van der Waals surface area (Å²) in [7, 11) is 1.97. The third-order valence-electron chi connectivity index (χ3n) is 5.88. The summed E-state index contributed by atoms with van der Waals surface area (Å²) < 4.78 is 0. The molecular weight excluding hydrogens is 384 g/mol. The number of likely N-dealkylation sites (tertiary alicyclic amines) is 1. The lowest BCUT2D eigenvalue weighted by atomic mass is 9.92. The van der Waals surface area contributed by atoms with Gasteiger partial charge in [-0.25, -0.2) is 0 Å². The molecule has 2 aromatic rings. The first kappa shape index (κ1) is 23.1. The van der Waals surface area contributed by atoms with Gasteiger partial charge in [-0.05, 0) is 75.9 Å². The van der Waals surface area contributed by atoms with E-state index in [2.05, 4.69) is 5.32 Å².